The first-order valence-electron chi connectivity index (χ1n) is 10.6. The second-order valence-electron chi connectivity index (χ2n) is 7.68. The number of nitro benzene ring substituents is 1. The minimum Gasteiger partial charge on any atom is -0.484 e. The van der Waals surface area contributed by atoms with Gasteiger partial charge in [-0.1, -0.05) is 33.6 Å². The average Bonchev–Trinajstić information content (AvgIpc) is 3.32. The number of hydrogen-bond acceptors (Lipinski definition) is 6. The molecule has 0 unspecified atom stereocenters. The van der Waals surface area contributed by atoms with Gasteiger partial charge in [-0.15, -0.1) is 0 Å². The predicted octanol–water partition coefficient (Wildman–Crippen LogP) is 8.25. The lowest BCUT2D eigenvalue weighted by Crippen LogP contribution is -2.11. The highest BCUT2D eigenvalue weighted by Gasteiger charge is 2.30. The quantitative estimate of drug-likeness (QED) is 0.159. The fourth-order valence-corrected chi connectivity index (χ4v) is 3.93. The Morgan fingerprint density at radius 3 is 2.55 bits per heavy atom. The molecule has 0 bridgehead atoms. The van der Waals surface area contributed by atoms with Gasteiger partial charge in [0.05, 0.1) is 27.3 Å². The molecule has 0 aliphatic carbocycles. The third-order valence-electron chi connectivity index (χ3n) is 4.91. The van der Waals surface area contributed by atoms with Crippen LogP contribution in [-0.4, -0.2) is 10.8 Å². The number of halogens is 5. The van der Waals surface area contributed by atoms with E-state index in [1.54, 1.807) is 18.2 Å². The summed E-state index contributed by atoms with van der Waals surface area (Å²) in [5.41, 5.74) is -1.44. The Morgan fingerprint density at radius 1 is 1.05 bits per heavy atom. The van der Waals surface area contributed by atoms with Gasteiger partial charge in [-0.2, -0.15) is 13.2 Å². The van der Waals surface area contributed by atoms with Crippen LogP contribution in [0.3, 0.4) is 0 Å². The number of ether oxygens (including phenoxy) is 2. The van der Waals surface area contributed by atoms with Crippen LogP contribution in [0.25, 0.3) is 0 Å². The number of nitrogens with zero attached hydrogens (tertiary/aromatic N) is 1. The van der Waals surface area contributed by atoms with Crippen LogP contribution in [0.5, 0.6) is 17.2 Å². The van der Waals surface area contributed by atoms with Crippen molar-refractivity contribution in [2.24, 2.45) is 0 Å². The summed E-state index contributed by atoms with van der Waals surface area (Å²) in [7, 11) is 0. The first-order valence-corrected chi connectivity index (χ1v) is 11.8. The maximum Gasteiger partial charge on any atom is 0.416 e. The van der Waals surface area contributed by atoms with E-state index in [2.05, 4.69) is 21.2 Å². The molecule has 8 nitrogen and oxygen atoms in total. The molecule has 1 N–H and O–H groups in total. The van der Waals surface area contributed by atoms with Crippen molar-refractivity contribution in [3.63, 3.8) is 0 Å². The molecule has 1 amide bonds. The van der Waals surface area contributed by atoms with Crippen LogP contribution in [0.4, 0.5) is 24.5 Å². The van der Waals surface area contributed by atoms with Gasteiger partial charge in [0.2, 0.25) is 0 Å². The van der Waals surface area contributed by atoms with E-state index in [1.807, 2.05) is 0 Å². The minimum absolute atomic E-state index is 0.0274. The molecule has 1 aromatic heterocycles. The van der Waals surface area contributed by atoms with Crippen molar-refractivity contribution in [1.29, 1.82) is 0 Å². The summed E-state index contributed by atoms with van der Waals surface area (Å²) in [6.45, 7) is -0.0274. The van der Waals surface area contributed by atoms with E-state index in [0.717, 1.165) is 34.8 Å². The van der Waals surface area contributed by atoms with Crippen molar-refractivity contribution in [3.05, 3.63) is 109 Å². The van der Waals surface area contributed by atoms with Gasteiger partial charge in [-0.3, -0.25) is 14.9 Å². The van der Waals surface area contributed by atoms with Gasteiger partial charge >= 0.3 is 6.18 Å². The number of nitrogens with one attached hydrogen (secondary N) is 1. The van der Waals surface area contributed by atoms with Gasteiger partial charge < -0.3 is 19.2 Å². The number of hydrogen-bond donors (Lipinski definition) is 1. The third-order valence-corrected chi connectivity index (χ3v) is 5.69. The molecule has 38 heavy (non-hydrogen) atoms. The summed E-state index contributed by atoms with van der Waals surface area (Å²) in [5, 5.41) is 14.2. The summed E-state index contributed by atoms with van der Waals surface area (Å²) < 4.78 is 56.3. The monoisotopic (exact) mass is 610 g/mol. The van der Waals surface area contributed by atoms with E-state index < -0.39 is 28.3 Å². The van der Waals surface area contributed by atoms with Crippen molar-refractivity contribution in [2.75, 3.05) is 5.32 Å². The highest BCUT2D eigenvalue weighted by Crippen LogP contribution is 2.35. The van der Waals surface area contributed by atoms with E-state index in [-0.39, 0.29) is 29.6 Å². The Morgan fingerprint density at radius 2 is 1.84 bits per heavy atom. The molecule has 3 aromatic carbocycles. The van der Waals surface area contributed by atoms with Crippen molar-refractivity contribution >= 4 is 44.8 Å². The summed E-state index contributed by atoms with van der Waals surface area (Å²) in [4.78, 5) is 23.3. The number of nitro groups is 1. The van der Waals surface area contributed by atoms with Gasteiger partial charge in [-0.05, 0) is 48.5 Å². The number of non-ortho nitro benzene ring substituents is 1. The van der Waals surface area contributed by atoms with Crippen LogP contribution >= 0.6 is 27.5 Å². The Labute approximate surface area is 226 Å². The van der Waals surface area contributed by atoms with Crippen molar-refractivity contribution in [3.8, 4) is 17.2 Å². The Balaban J connectivity index is 1.48. The third kappa shape index (κ3) is 6.84. The number of anilines is 1. The molecule has 0 aliphatic heterocycles. The lowest BCUT2D eigenvalue weighted by atomic mass is 10.2. The normalized spacial score (nSPS) is 11.2. The highest BCUT2D eigenvalue weighted by atomic mass is 79.9. The molecule has 196 valence electrons. The maximum absolute atomic E-state index is 13.0. The molecular weight excluding hydrogens is 597 g/mol. The topological polar surface area (TPSA) is 104 Å². The number of alkyl halides is 3. The fraction of sp³-hybridized carbons (Fsp3) is 0.0800. The summed E-state index contributed by atoms with van der Waals surface area (Å²) in [6, 6.07) is 15.3. The molecule has 0 saturated carbocycles. The fourth-order valence-electron chi connectivity index (χ4n) is 3.20. The largest absolute Gasteiger partial charge is 0.484 e. The molecular formula is C25H15BrClF3N2O6. The van der Waals surface area contributed by atoms with Crippen LogP contribution in [0.15, 0.2) is 81.7 Å². The second kappa shape index (κ2) is 11.2. The number of amides is 1. The molecule has 0 fully saturated rings. The molecule has 0 radical (unpaired) electrons. The smallest absolute Gasteiger partial charge is 0.416 e. The van der Waals surface area contributed by atoms with Crippen LogP contribution in [0.1, 0.15) is 21.9 Å². The van der Waals surface area contributed by atoms with E-state index in [9.17, 15) is 28.1 Å². The average molecular weight is 612 g/mol. The predicted molar refractivity (Wildman–Crippen MR) is 135 cm³/mol. The van der Waals surface area contributed by atoms with Crippen molar-refractivity contribution in [1.82, 2.24) is 0 Å². The molecule has 1 heterocycles. The van der Waals surface area contributed by atoms with Gasteiger partial charge in [0.25, 0.3) is 11.6 Å². The van der Waals surface area contributed by atoms with E-state index in [1.165, 1.54) is 24.3 Å². The molecule has 0 saturated heterocycles. The van der Waals surface area contributed by atoms with Crippen LogP contribution in [0.2, 0.25) is 5.02 Å². The van der Waals surface area contributed by atoms with E-state index in [0.29, 0.717) is 16.5 Å². The molecule has 4 rings (SSSR count). The molecule has 0 spiro atoms. The Hall–Kier alpha value is -4.03. The van der Waals surface area contributed by atoms with Crippen LogP contribution in [-0.2, 0) is 12.8 Å². The molecule has 0 aliphatic rings. The zero-order valence-corrected chi connectivity index (χ0v) is 21.3. The van der Waals surface area contributed by atoms with Crippen LogP contribution in [0, 0.1) is 10.1 Å². The number of carbonyl (C=O) groups excluding carboxylic acids is 1. The zero-order chi connectivity index (χ0) is 27.4. The number of carbonyl (C=O) groups is 1. The lowest BCUT2D eigenvalue weighted by molar-refractivity contribution is -0.384. The lowest BCUT2D eigenvalue weighted by Gasteiger charge is -2.11. The van der Waals surface area contributed by atoms with Gasteiger partial charge in [0.1, 0.15) is 29.6 Å². The molecule has 0 atom stereocenters. The SMILES string of the molecule is O=C(Nc1cc(Oc2cccc(C(F)(F)F)c2)cc([N+](=O)[O-])c1)c1ccc(COc2ccc(Br)cc2Cl)o1. The molecule has 13 heteroatoms. The van der Waals surface area contributed by atoms with Crippen molar-refractivity contribution < 1.29 is 36.8 Å². The molecule has 4 aromatic rings. The summed E-state index contributed by atoms with van der Waals surface area (Å²) in [5.74, 6) is -0.488. The number of benzene rings is 3. The van der Waals surface area contributed by atoms with Gasteiger partial charge in [0, 0.05) is 16.6 Å². The zero-order valence-electron chi connectivity index (χ0n) is 18.9. The highest BCUT2D eigenvalue weighted by molar-refractivity contribution is 9.10. The minimum atomic E-state index is -4.60. The first kappa shape index (κ1) is 27.0. The van der Waals surface area contributed by atoms with Crippen LogP contribution < -0.4 is 14.8 Å². The summed E-state index contributed by atoms with van der Waals surface area (Å²) in [6.07, 6.45) is -4.60. The Kier molecular flexibility index (Phi) is 7.93. The first-order chi connectivity index (χ1) is 18.0. The second-order valence-corrected chi connectivity index (χ2v) is 9.01. The maximum atomic E-state index is 13.0. The standard InChI is InChI=1S/C25H15BrClF3N2O6/c26-15-4-6-22(21(27)9-15)36-13-19-5-7-23(38-19)24(33)31-16-10-17(32(34)35)12-20(11-16)37-18-3-1-2-14(8-18)25(28,29)30/h1-12H,13H2,(H,31,33). The summed E-state index contributed by atoms with van der Waals surface area (Å²) >= 11 is 9.40. The van der Waals surface area contributed by atoms with E-state index >= 15 is 0 Å². The van der Waals surface area contributed by atoms with Crippen molar-refractivity contribution in [2.45, 2.75) is 12.8 Å². The van der Waals surface area contributed by atoms with Gasteiger partial charge in [0.15, 0.2) is 5.76 Å². The van der Waals surface area contributed by atoms with Gasteiger partial charge in [-0.25, -0.2) is 0 Å². The number of furan rings is 1. The van der Waals surface area contributed by atoms with E-state index in [4.69, 9.17) is 25.5 Å². The number of rotatable bonds is 8. The Bertz CT molecular complexity index is 1510.